The maximum absolute atomic E-state index is 4.01. The Bertz CT molecular complexity index is 580. The van der Waals surface area contributed by atoms with Crippen molar-refractivity contribution in [3.63, 3.8) is 0 Å². The van der Waals surface area contributed by atoms with Crippen LogP contribution in [0.4, 0.5) is 0 Å². The van der Waals surface area contributed by atoms with Crippen molar-refractivity contribution in [1.82, 2.24) is 0 Å². The zero-order chi connectivity index (χ0) is 32.1. The molecule has 0 aliphatic heterocycles. The van der Waals surface area contributed by atoms with E-state index in [9.17, 15) is 0 Å². The fraction of sp³-hybridized carbons (Fsp3) is 0.846. The third-order valence-corrected chi connectivity index (χ3v) is 7.03. The van der Waals surface area contributed by atoms with E-state index in [1.807, 2.05) is 0 Å². The summed E-state index contributed by atoms with van der Waals surface area (Å²) in [6, 6.07) is 0. The second kappa shape index (κ2) is 25.3. The van der Waals surface area contributed by atoms with E-state index in [1.54, 1.807) is 0 Å². The molecule has 0 fully saturated rings. The molecule has 42 heavy (non-hydrogen) atoms. The summed E-state index contributed by atoms with van der Waals surface area (Å²) in [4.78, 5) is 0. The Hall–Kier alpha value is 3.31. The van der Waals surface area contributed by atoms with Gasteiger partial charge in [-0.1, -0.05) is 154 Å². The summed E-state index contributed by atoms with van der Waals surface area (Å²) in [6.07, 6.45) is 14.3. The Kier molecular flexibility index (Phi) is 34.7. The van der Waals surface area contributed by atoms with Gasteiger partial charge in [-0.3, -0.25) is 0 Å². The summed E-state index contributed by atoms with van der Waals surface area (Å²) in [6.45, 7) is 53.1. The summed E-state index contributed by atoms with van der Waals surface area (Å²) in [5, 5.41) is 0. The van der Waals surface area contributed by atoms with E-state index >= 15 is 0 Å². The minimum Gasteiger partial charge on any atom is -0.345 e. The van der Waals surface area contributed by atoms with Gasteiger partial charge < -0.3 is 40.0 Å². The number of hydrogen-bond acceptors (Lipinski definition) is 0. The van der Waals surface area contributed by atoms with E-state index in [1.165, 1.54) is 19.3 Å². The smallest absolute Gasteiger partial charge is 0 e. The number of hydrogen-bond donors (Lipinski definition) is 0. The molecule has 0 bridgehead atoms. The number of unbranched alkanes of at least 4 members (excludes halogenated alkanes) is 1. The molecule has 3 heteroatoms. The SMILES string of the molecule is [CH2-]CC([CH-]C(C)(C)C)C(C)(C)C.[CH2-]CCC([CH-]C(C)(C)C)C(C)(C)C.[CH2-]CCCC([CH-]C(C)(C)C)C(C)(C)C.[Y].[Y].[Y]. The molecule has 0 rings (SSSR count). The topological polar surface area (TPSA) is 0 Å². The van der Waals surface area contributed by atoms with Gasteiger partial charge in [0, 0.05) is 98.1 Å². The molecule has 0 spiro atoms. The molecule has 0 N–H and O–H groups in total. The van der Waals surface area contributed by atoms with Crippen molar-refractivity contribution in [3.05, 3.63) is 40.0 Å². The van der Waals surface area contributed by atoms with Crippen LogP contribution in [0.1, 0.15) is 163 Å². The monoisotopic (exact) mass is 813 g/mol. The fourth-order valence-electron chi connectivity index (χ4n) is 4.69. The van der Waals surface area contributed by atoms with Crippen molar-refractivity contribution in [1.29, 1.82) is 0 Å². The first-order chi connectivity index (χ1) is 17.0. The Morgan fingerprint density at radius 2 is 0.667 bits per heavy atom. The summed E-state index contributed by atoms with van der Waals surface area (Å²) < 4.78 is 0. The Morgan fingerprint density at radius 1 is 0.405 bits per heavy atom. The summed E-state index contributed by atoms with van der Waals surface area (Å²) in [5.74, 6) is 2.02. The van der Waals surface area contributed by atoms with Gasteiger partial charge in [0.15, 0.2) is 0 Å². The van der Waals surface area contributed by atoms with Crippen molar-refractivity contribution in [3.8, 4) is 0 Å². The molecule has 3 atom stereocenters. The van der Waals surface area contributed by atoms with Gasteiger partial charge in [-0.2, -0.15) is 46.8 Å². The van der Waals surface area contributed by atoms with Gasteiger partial charge in [-0.25, -0.2) is 6.42 Å². The van der Waals surface area contributed by atoms with Crippen LogP contribution in [0, 0.1) is 90.3 Å². The van der Waals surface area contributed by atoms with E-state index in [0.717, 1.165) is 19.3 Å². The largest absolute Gasteiger partial charge is 0.345 e. The van der Waals surface area contributed by atoms with Crippen LogP contribution in [0.2, 0.25) is 0 Å². The van der Waals surface area contributed by atoms with Crippen molar-refractivity contribution >= 4 is 0 Å². The van der Waals surface area contributed by atoms with Crippen LogP contribution < -0.4 is 0 Å². The average molecular weight is 814 g/mol. The van der Waals surface area contributed by atoms with Crippen LogP contribution in [-0.4, -0.2) is 0 Å². The maximum Gasteiger partial charge on any atom is 0 e. The van der Waals surface area contributed by atoms with Crippen molar-refractivity contribution in [2.45, 2.75) is 163 Å². The van der Waals surface area contributed by atoms with Crippen LogP contribution in [0.25, 0.3) is 0 Å². The standard InChI is InChI=1S/C14H28.C13H26.C12H24.3Y/c1-8-9-10-12(14(5,6)7)11-13(2,3)4;1-8-9-11(13(5,6)7)10-12(2,3)4;1-8-10(12(5,6)7)9-11(2,3)4;;;/h11-12H,1,8-10H2,2-7H3;10-11H,1,8-9H2,2-7H3;9-10H,1,8H2,2-7H3;;;/q3*-2;;;. The molecule has 3 radical (unpaired) electrons. The van der Waals surface area contributed by atoms with Gasteiger partial charge in [-0.15, -0.1) is 6.42 Å². The van der Waals surface area contributed by atoms with Gasteiger partial charge >= 0.3 is 0 Å². The quantitative estimate of drug-likeness (QED) is 0.204. The van der Waals surface area contributed by atoms with Gasteiger partial charge in [0.05, 0.1) is 0 Å². The number of rotatable bonds is 9. The van der Waals surface area contributed by atoms with Crippen LogP contribution in [-0.2, 0) is 98.1 Å². The van der Waals surface area contributed by atoms with Crippen molar-refractivity contribution < 1.29 is 98.1 Å². The second-order valence-electron chi connectivity index (χ2n) is 18.4. The molecule has 249 valence electrons. The predicted octanol–water partition coefficient (Wildman–Crippen LogP) is 13.5. The molecule has 0 aromatic rings. The van der Waals surface area contributed by atoms with Crippen LogP contribution in [0.3, 0.4) is 0 Å². The Balaban J connectivity index is -0.000000112. The minimum atomic E-state index is 0. The maximum atomic E-state index is 4.01. The first-order valence-corrected chi connectivity index (χ1v) is 16.0. The predicted molar refractivity (Wildman–Crippen MR) is 184 cm³/mol. The molecule has 0 aromatic heterocycles. The van der Waals surface area contributed by atoms with Crippen molar-refractivity contribution in [2.75, 3.05) is 0 Å². The first-order valence-electron chi connectivity index (χ1n) is 16.0. The Morgan fingerprint density at radius 3 is 0.833 bits per heavy atom. The van der Waals surface area contributed by atoms with E-state index in [4.69, 9.17) is 0 Å². The summed E-state index contributed by atoms with van der Waals surface area (Å²) >= 11 is 0. The third kappa shape index (κ3) is 37.8. The Labute approximate surface area is 347 Å². The van der Waals surface area contributed by atoms with Gasteiger partial charge in [0.2, 0.25) is 0 Å². The van der Waals surface area contributed by atoms with E-state index < -0.39 is 0 Å². The molecule has 0 aliphatic rings. The molecule has 0 nitrogen and oxygen atoms in total. The van der Waals surface area contributed by atoms with Crippen LogP contribution in [0.15, 0.2) is 0 Å². The van der Waals surface area contributed by atoms with E-state index in [2.05, 4.69) is 165 Å². The first kappa shape index (κ1) is 57.6. The molecule has 0 aliphatic carbocycles. The van der Waals surface area contributed by atoms with Crippen LogP contribution >= 0.6 is 0 Å². The zero-order valence-electron chi connectivity index (χ0n) is 32.6. The minimum absolute atomic E-state index is 0. The van der Waals surface area contributed by atoms with Gasteiger partial charge in [-0.05, 0) is 0 Å². The third-order valence-electron chi connectivity index (χ3n) is 7.03. The molecule has 3 unspecified atom stereocenters. The molecule has 0 heterocycles. The fourth-order valence-corrected chi connectivity index (χ4v) is 4.69. The van der Waals surface area contributed by atoms with E-state index in [-0.39, 0.29) is 98.1 Å². The molecule has 0 amide bonds. The molecule has 0 saturated heterocycles. The van der Waals surface area contributed by atoms with Gasteiger partial charge in [0.1, 0.15) is 0 Å². The average Bonchev–Trinajstić information content (AvgIpc) is 2.65. The molecule has 0 aromatic carbocycles. The van der Waals surface area contributed by atoms with E-state index in [0.29, 0.717) is 50.2 Å². The summed E-state index contributed by atoms with van der Waals surface area (Å²) in [5.41, 5.74) is 2.10. The summed E-state index contributed by atoms with van der Waals surface area (Å²) in [7, 11) is 0. The van der Waals surface area contributed by atoms with Gasteiger partial charge in [0.25, 0.3) is 0 Å². The zero-order valence-corrected chi connectivity index (χ0v) is 41.1. The second-order valence-corrected chi connectivity index (χ2v) is 18.4. The van der Waals surface area contributed by atoms with Crippen LogP contribution in [0.5, 0.6) is 0 Å². The molecule has 0 saturated carbocycles. The van der Waals surface area contributed by atoms with Crippen molar-refractivity contribution in [2.24, 2.45) is 50.2 Å². The normalized spacial score (nSPS) is 14.8. The molecular formula is C39H78Y3-6. The molecular weight excluding hydrogens is 735 g/mol.